The molecule has 1 saturated heterocycles. The van der Waals surface area contributed by atoms with Crippen LogP contribution < -0.4 is 0 Å². The Balaban J connectivity index is 1.62. The van der Waals surface area contributed by atoms with E-state index in [1.54, 1.807) is 18.2 Å². The molecule has 3 aliphatic heterocycles. The summed E-state index contributed by atoms with van der Waals surface area (Å²) in [5, 5.41) is 16.7. The fourth-order valence-electron chi connectivity index (χ4n) is 4.29. The van der Waals surface area contributed by atoms with Crippen LogP contribution in [0.4, 0.5) is 5.69 Å². The summed E-state index contributed by atoms with van der Waals surface area (Å²) in [5.41, 5.74) is 0.303. The largest absolute Gasteiger partial charge is 0.277 e. The van der Waals surface area contributed by atoms with E-state index in [1.807, 2.05) is 4.90 Å². The molecule has 0 bridgehead atoms. The van der Waals surface area contributed by atoms with Crippen molar-refractivity contribution in [2.45, 2.75) is 30.4 Å². The van der Waals surface area contributed by atoms with Crippen LogP contribution in [0.1, 0.15) is 35.2 Å². The molecule has 2 aromatic carbocycles. The molecule has 160 valence electrons. The van der Waals surface area contributed by atoms with Gasteiger partial charge < -0.3 is 0 Å². The number of hydrogen-bond donors (Lipinski definition) is 0. The molecule has 2 aromatic rings. The molecule has 3 heterocycles. The van der Waals surface area contributed by atoms with Gasteiger partial charge in [-0.15, -0.1) is 5.10 Å². The summed E-state index contributed by atoms with van der Waals surface area (Å²) in [6.45, 7) is 1.24. The first-order valence-electron chi connectivity index (χ1n) is 9.94. The smallest absolute Gasteiger partial charge is 0.267 e. The van der Waals surface area contributed by atoms with Crippen LogP contribution in [0.2, 0.25) is 0 Å². The van der Waals surface area contributed by atoms with E-state index >= 15 is 0 Å². The van der Waals surface area contributed by atoms with Crippen molar-refractivity contribution in [1.29, 1.82) is 0 Å². The lowest BCUT2D eigenvalue weighted by Gasteiger charge is -2.38. The van der Waals surface area contributed by atoms with Gasteiger partial charge in [0.25, 0.3) is 21.6 Å². The van der Waals surface area contributed by atoms with E-state index in [2.05, 4.69) is 5.10 Å². The Hall–Kier alpha value is -3.31. The molecule has 10 nitrogen and oxygen atoms in total. The Morgan fingerprint density at radius 2 is 1.81 bits per heavy atom. The van der Waals surface area contributed by atoms with Crippen molar-refractivity contribution < 1.29 is 18.1 Å². The first kappa shape index (κ1) is 19.6. The van der Waals surface area contributed by atoms with Crippen LogP contribution in [0, 0.1) is 10.1 Å². The van der Waals surface area contributed by atoms with Gasteiger partial charge in [-0.05, 0) is 31.0 Å². The first-order valence-corrected chi connectivity index (χ1v) is 11.4. The van der Waals surface area contributed by atoms with Crippen molar-refractivity contribution in [3.8, 4) is 0 Å². The second-order valence-corrected chi connectivity index (χ2v) is 9.40. The van der Waals surface area contributed by atoms with Crippen LogP contribution in [0.3, 0.4) is 0 Å². The Morgan fingerprint density at radius 1 is 1.06 bits per heavy atom. The quantitative estimate of drug-likeness (QED) is 0.532. The number of hydrogen-bond acceptors (Lipinski definition) is 7. The zero-order valence-electron chi connectivity index (χ0n) is 16.4. The molecule has 1 fully saturated rings. The number of non-ortho nitro benzene ring substituents is 1. The summed E-state index contributed by atoms with van der Waals surface area (Å²) in [7, 11) is -3.89. The summed E-state index contributed by atoms with van der Waals surface area (Å²) in [5.74, 6) is -0.390. The topological polar surface area (TPSA) is 116 Å². The first-order chi connectivity index (χ1) is 14.9. The van der Waals surface area contributed by atoms with E-state index in [0.717, 1.165) is 24.3 Å². The predicted octanol–water partition coefficient (Wildman–Crippen LogP) is 2.19. The van der Waals surface area contributed by atoms with Gasteiger partial charge in [0.05, 0.1) is 9.82 Å². The highest BCUT2D eigenvalue weighted by Crippen LogP contribution is 2.39. The zero-order chi connectivity index (χ0) is 21.8. The van der Waals surface area contributed by atoms with E-state index in [9.17, 15) is 23.3 Å². The van der Waals surface area contributed by atoms with Gasteiger partial charge >= 0.3 is 0 Å². The number of carbonyl (C=O) groups is 1. The lowest BCUT2D eigenvalue weighted by Crippen LogP contribution is -2.56. The molecule has 0 unspecified atom stereocenters. The normalized spacial score (nSPS) is 22.1. The molecular weight excluding hydrogens is 422 g/mol. The minimum absolute atomic E-state index is 0.0763. The van der Waals surface area contributed by atoms with Gasteiger partial charge in [0.15, 0.2) is 12.1 Å². The third-order valence-corrected chi connectivity index (χ3v) is 7.52. The van der Waals surface area contributed by atoms with Crippen LogP contribution in [-0.2, 0) is 10.0 Å². The monoisotopic (exact) mass is 441 g/mol. The van der Waals surface area contributed by atoms with Gasteiger partial charge in [-0.1, -0.05) is 24.6 Å². The van der Waals surface area contributed by atoms with Gasteiger partial charge in [-0.25, -0.2) is 12.7 Å². The van der Waals surface area contributed by atoms with Gasteiger partial charge in [0.2, 0.25) is 0 Å². The number of fused-ring (bicyclic) bond motifs is 3. The molecule has 0 spiro atoms. The number of carbonyl (C=O) groups excluding carboxylic acids is 1. The van der Waals surface area contributed by atoms with E-state index in [-0.39, 0.29) is 22.0 Å². The average Bonchev–Trinajstić information content (AvgIpc) is 3.29. The van der Waals surface area contributed by atoms with Crippen molar-refractivity contribution in [3.63, 3.8) is 0 Å². The second-order valence-electron chi connectivity index (χ2n) is 7.62. The maximum atomic E-state index is 13.4. The van der Waals surface area contributed by atoms with Crippen LogP contribution in [0.15, 0.2) is 58.5 Å². The third-order valence-electron chi connectivity index (χ3n) is 5.73. The van der Waals surface area contributed by atoms with Gasteiger partial charge in [0.1, 0.15) is 0 Å². The number of hydrazone groups is 1. The third kappa shape index (κ3) is 3.00. The number of likely N-dealkylation sites (tertiary alicyclic amines) is 1. The lowest BCUT2D eigenvalue weighted by molar-refractivity contribution is -0.384. The van der Waals surface area contributed by atoms with E-state index in [0.29, 0.717) is 18.7 Å². The Labute approximate surface area is 178 Å². The van der Waals surface area contributed by atoms with Crippen LogP contribution >= 0.6 is 0 Å². The van der Waals surface area contributed by atoms with Crippen LogP contribution in [-0.4, -0.2) is 58.7 Å². The molecule has 0 aromatic heterocycles. The number of piperidine rings is 1. The second kappa shape index (κ2) is 7.13. The number of rotatable bonds is 3. The standard InChI is InChI=1S/C20H19N5O5S/c26-19(14-7-6-8-15(13-14)25(27)28)23-20(22-11-4-1-5-12-22)24-18(21-23)16-9-2-3-10-17(16)31(24,29)30/h2-3,6-10,13,20H,1,4-5,11-12H2/t20-/m1/s1. The van der Waals surface area contributed by atoms with Crippen molar-refractivity contribution in [1.82, 2.24) is 14.2 Å². The van der Waals surface area contributed by atoms with Crippen LogP contribution in [0.25, 0.3) is 0 Å². The number of amidine groups is 1. The minimum atomic E-state index is -3.89. The van der Waals surface area contributed by atoms with Crippen molar-refractivity contribution in [2.24, 2.45) is 5.10 Å². The summed E-state index contributed by atoms with van der Waals surface area (Å²) in [6.07, 6.45) is 1.85. The lowest BCUT2D eigenvalue weighted by atomic mass is 10.1. The molecule has 0 saturated carbocycles. The van der Waals surface area contributed by atoms with E-state index < -0.39 is 27.1 Å². The van der Waals surface area contributed by atoms with E-state index in [1.165, 1.54) is 34.6 Å². The zero-order valence-corrected chi connectivity index (χ0v) is 17.2. The molecule has 0 N–H and O–H groups in total. The van der Waals surface area contributed by atoms with Crippen molar-refractivity contribution >= 4 is 27.5 Å². The molecule has 5 rings (SSSR count). The molecule has 0 aliphatic carbocycles. The fraction of sp³-hybridized carbons (Fsp3) is 0.300. The number of nitro benzene ring substituents is 1. The fourth-order valence-corrected chi connectivity index (χ4v) is 6.02. The number of nitro groups is 1. The summed E-state index contributed by atoms with van der Waals surface area (Å²) >= 11 is 0. The number of sulfonamides is 1. The van der Waals surface area contributed by atoms with E-state index in [4.69, 9.17) is 0 Å². The highest BCUT2D eigenvalue weighted by atomic mass is 32.2. The number of amides is 1. The SMILES string of the molecule is O=C(c1cccc([N+](=O)[O-])c1)N1N=C2c3ccccc3S(=O)(=O)N2[C@@H]1N1CCCCC1. The maximum Gasteiger partial charge on any atom is 0.277 e. The van der Waals surface area contributed by atoms with Gasteiger partial charge in [-0.2, -0.15) is 5.01 Å². The Kier molecular flexibility index (Phi) is 4.52. The minimum Gasteiger partial charge on any atom is -0.267 e. The van der Waals surface area contributed by atoms with Gasteiger partial charge in [0, 0.05) is 36.3 Å². The Morgan fingerprint density at radius 3 is 2.55 bits per heavy atom. The average molecular weight is 441 g/mol. The summed E-state index contributed by atoms with van der Waals surface area (Å²) in [6, 6.07) is 12.0. The maximum absolute atomic E-state index is 13.4. The molecule has 11 heteroatoms. The van der Waals surface area contributed by atoms with Crippen LogP contribution in [0.5, 0.6) is 0 Å². The highest BCUT2D eigenvalue weighted by Gasteiger charge is 2.53. The molecule has 1 amide bonds. The summed E-state index contributed by atoms with van der Waals surface area (Å²) < 4.78 is 27.9. The predicted molar refractivity (Wildman–Crippen MR) is 110 cm³/mol. The van der Waals surface area contributed by atoms with Gasteiger partial charge in [-0.3, -0.25) is 19.8 Å². The number of nitrogens with zero attached hydrogens (tertiary/aromatic N) is 5. The van der Waals surface area contributed by atoms with Crippen molar-refractivity contribution in [3.05, 3.63) is 69.8 Å². The molecule has 1 atom stereocenters. The molecule has 0 radical (unpaired) electrons. The summed E-state index contributed by atoms with van der Waals surface area (Å²) in [4.78, 5) is 26.0. The highest BCUT2D eigenvalue weighted by molar-refractivity contribution is 7.90. The molecule has 31 heavy (non-hydrogen) atoms. The molecule has 3 aliphatic rings. The molecular formula is C20H19N5O5S. The van der Waals surface area contributed by atoms with Crippen molar-refractivity contribution in [2.75, 3.05) is 13.1 Å². The Bertz CT molecular complexity index is 1220. The number of benzene rings is 2.